The van der Waals surface area contributed by atoms with Crippen molar-refractivity contribution in [2.45, 2.75) is 76.4 Å². The fourth-order valence-electron chi connectivity index (χ4n) is 9.81. The fraction of sp³-hybridized carbons (Fsp3) is 0.395. The van der Waals surface area contributed by atoms with Crippen LogP contribution in [0.25, 0.3) is 5.65 Å². The highest BCUT2D eigenvalue weighted by molar-refractivity contribution is 6.99. The van der Waals surface area contributed by atoms with Gasteiger partial charge in [-0.1, -0.05) is 119 Å². The van der Waals surface area contributed by atoms with E-state index >= 15 is 0 Å². The Bertz CT molecular complexity index is 2230. The average Bonchev–Trinajstić information content (AvgIpc) is 3.99. The van der Waals surface area contributed by atoms with Gasteiger partial charge in [-0.25, -0.2) is 14.5 Å². The summed E-state index contributed by atoms with van der Waals surface area (Å²) in [7, 11) is -2.80. The molecule has 2 bridgehead atoms. The molecule has 3 saturated heterocycles. The summed E-state index contributed by atoms with van der Waals surface area (Å²) >= 11 is 0. The number of pyridine rings is 1. The molecule has 3 aromatic carbocycles. The second-order valence-electron chi connectivity index (χ2n) is 17.1. The molecule has 272 valence electrons. The van der Waals surface area contributed by atoms with Gasteiger partial charge in [-0.05, 0) is 59.3 Å². The average molecular weight is 724 g/mol. The van der Waals surface area contributed by atoms with Crippen molar-refractivity contribution in [1.29, 1.82) is 0 Å². The summed E-state index contributed by atoms with van der Waals surface area (Å²) < 4.78 is 16.4. The minimum Gasteiger partial charge on any atom is -0.407 e. The van der Waals surface area contributed by atoms with Gasteiger partial charge in [-0.15, -0.1) is 5.10 Å². The van der Waals surface area contributed by atoms with Crippen LogP contribution in [0.4, 0.5) is 5.69 Å². The molecule has 0 radical (unpaired) electrons. The van der Waals surface area contributed by atoms with Crippen LogP contribution >= 0.6 is 0 Å². The highest BCUT2D eigenvalue weighted by Gasteiger charge is 2.75. The van der Waals surface area contributed by atoms with E-state index in [0.29, 0.717) is 19.0 Å². The third-order valence-corrected chi connectivity index (χ3v) is 17.4. The molecule has 3 aromatic heterocycles. The summed E-state index contributed by atoms with van der Waals surface area (Å²) in [6, 6.07) is 34.8. The van der Waals surface area contributed by atoms with Crippen molar-refractivity contribution >= 4 is 30.0 Å². The maximum atomic E-state index is 7.57. The van der Waals surface area contributed by atoms with E-state index in [1.165, 1.54) is 21.6 Å². The number of nitrogens with zero attached hydrogens (tertiary/aromatic N) is 6. The quantitative estimate of drug-likeness (QED) is 0.168. The number of fused-ring (bicyclic) bond motifs is 2. The van der Waals surface area contributed by atoms with Crippen molar-refractivity contribution in [2.24, 2.45) is 5.41 Å². The first-order chi connectivity index (χ1) is 25.5. The van der Waals surface area contributed by atoms with Crippen molar-refractivity contribution in [3.8, 4) is 0 Å². The number of rotatable bonds is 9. The first-order valence-electron chi connectivity index (χ1n) is 18.9. The molecule has 4 fully saturated rings. The largest absolute Gasteiger partial charge is 0.407 e. The number of aryl methyl sites for hydroxylation is 2. The second kappa shape index (κ2) is 12.2. The van der Waals surface area contributed by atoms with Gasteiger partial charge in [0.1, 0.15) is 11.4 Å². The maximum absolute atomic E-state index is 7.57. The molecule has 0 spiro atoms. The van der Waals surface area contributed by atoms with Crippen molar-refractivity contribution in [3.05, 3.63) is 132 Å². The Hall–Kier alpha value is -4.64. The number of ether oxygens (including phenoxy) is 1. The van der Waals surface area contributed by atoms with Crippen LogP contribution in [0.5, 0.6) is 0 Å². The summed E-state index contributed by atoms with van der Waals surface area (Å²) in [5.41, 5.74) is 3.51. The Morgan fingerprint density at radius 1 is 0.925 bits per heavy atom. The van der Waals surface area contributed by atoms with Gasteiger partial charge in [0.25, 0.3) is 8.32 Å². The number of nitrogens with one attached hydrogen (secondary N) is 1. The van der Waals surface area contributed by atoms with E-state index < -0.39 is 13.9 Å². The Labute approximate surface area is 312 Å². The van der Waals surface area contributed by atoms with Crippen LogP contribution in [0.15, 0.2) is 103 Å². The monoisotopic (exact) mass is 723 g/mol. The van der Waals surface area contributed by atoms with Crippen molar-refractivity contribution in [3.63, 3.8) is 0 Å². The summed E-state index contributed by atoms with van der Waals surface area (Å²) in [6.45, 7) is 16.4. The number of aromatic nitrogens is 6. The van der Waals surface area contributed by atoms with Crippen LogP contribution < -0.4 is 15.3 Å². The summed E-state index contributed by atoms with van der Waals surface area (Å²) in [5.74, 6) is 2.05. The van der Waals surface area contributed by atoms with Crippen LogP contribution in [-0.2, 0) is 20.2 Å². The van der Waals surface area contributed by atoms with Crippen LogP contribution in [0.1, 0.15) is 75.1 Å². The molecule has 10 rings (SSSR count). The Kier molecular flexibility index (Phi) is 7.86. The van der Waals surface area contributed by atoms with E-state index in [4.69, 9.17) is 29.3 Å². The number of anilines is 1. The van der Waals surface area contributed by atoms with Crippen molar-refractivity contribution in [1.82, 2.24) is 29.8 Å². The predicted octanol–water partition coefficient (Wildman–Crippen LogP) is 6.61. The molecule has 1 aliphatic carbocycles. The van der Waals surface area contributed by atoms with Gasteiger partial charge in [0.05, 0.1) is 24.4 Å². The lowest BCUT2D eigenvalue weighted by Gasteiger charge is -2.52. The first-order valence-corrected chi connectivity index (χ1v) is 20.8. The number of hydrogen-bond donors (Lipinski definition) is 1. The lowest BCUT2D eigenvalue weighted by Crippen LogP contribution is -2.68. The van der Waals surface area contributed by atoms with E-state index in [9.17, 15) is 0 Å². The van der Waals surface area contributed by atoms with Gasteiger partial charge in [-0.3, -0.25) is 5.10 Å². The first kappa shape index (κ1) is 34.1. The van der Waals surface area contributed by atoms with E-state index in [-0.39, 0.29) is 21.8 Å². The van der Waals surface area contributed by atoms with Crippen LogP contribution in [0, 0.1) is 19.3 Å². The van der Waals surface area contributed by atoms with E-state index in [0.717, 1.165) is 48.8 Å². The van der Waals surface area contributed by atoms with Crippen LogP contribution in [-0.4, -0.2) is 64.4 Å². The summed E-state index contributed by atoms with van der Waals surface area (Å²) in [6.07, 6.45) is 3.98. The van der Waals surface area contributed by atoms with Gasteiger partial charge in [0.15, 0.2) is 17.3 Å². The number of H-pyrrole nitrogens is 1. The van der Waals surface area contributed by atoms with E-state index in [1.54, 1.807) is 0 Å². The van der Waals surface area contributed by atoms with E-state index in [2.05, 4.69) is 148 Å². The molecule has 4 atom stereocenters. The minimum absolute atomic E-state index is 0.0992. The minimum atomic E-state index is -2.80. The molecule has 6 heterocycles. The maximum Gasteiger partial charge on any atom is 0.261 e. The third kappa shape index (κ3) is 5.24. The fourth-order valence-corrected chi connectivity index (χ4v) is 14.5. The SMILES string of the molecule is Cc1nc(C2C3(CO[Si](c4ccccc4)(c4ccccc4)C(C)(C)C)COC2(c2nc4c(C)cc(N5CC[C@](C)(c6ccccc6)C5)cn4n2)C3)n[nH]1. The topological polar surface area (TPSA) is 93.5 Å². The van der Waals surface area contributed by atoms with Gasteiger partial charge in [-0.2, -0.15) is 5.10 Å². The lowest BCUT2D eigenvalue weighted by molar-refractivity contribution is -0.0694. The Morgan fingerprint density at radius 2 is 1.58 bits per heavy atom. The zero-order valence-electron chi connectivity index (χ0n) is 31.6. The molecule has 3 unspecified atom stereocenters. The molecule has 10 heteroatoms. The molecular formula is C43H49N7O2Si. The number of benzene rings is 3. The molecule has 9 nitrogen and oxygen atoms in total. The second-order valence-corrected chi connectivity index (χ2v) is 21.4. The molecule has 3 aliphatic heterocycles. The molecule has 53 heavy (non-hydrogen) atoms. The van der Waals surface area contributed by atoms with Gasteiger partial charge >= 0.3 is 0 Å². The van der Waals surface area contributed by atoms with Crippen molar-refractivity contribution in [2.75, 3.05) is 31.2 Å². The molecular weight excluding hydrogens is 675 g/mol. The zero-order valence-corrected chi connectivity index (χ0v) is 32.6. The number of hydrogen-bond acceptors (Lipinski definition) is 7. The lowest BCUT2D eigenvalue weighted by atomic mass is 9.53. The Balaban J connectivity index is 1.07. The van der Waals surface area contributed by atoms with Gasteiger partial charge in [0, 0.05) is 30.5 Å². The molecule has 1 N–H and O–H groups in total. The summed E-state index contributed by atoms with van der Waals surface area (Å²) in [5, 5.41) is 15.5. The molecule has 1 saturated carbocycles. The Morgan fingerprint density at radius 3 is 2.21 bits per heavy atom. The van der Waals surface area contributed by atoms with E-state index in [1.807, 2.05) is 11.4 Å². The number of aromatic amines is 1. The highest BCUT2D eigenvalue weighted by atomic mass is 28.4. The molecule has 0 amide bonds. The van der Waals surface area contributed by atoms with Gasteiger partial charge in [0.2, 0.25) is 0 Å². The standard InChI is InChI=1S/C43H49N7O2Si/c1-30-24-33(49-23-22-41(6,27-49)32-16-10-7-11-17-32)25-50-38(30)45-39(48-50)43-26-42(28-51-43,36(43)37-44-31(2)46-47-37)29-52-53(40(3,4)5,34-18-12-8-13-19-34)35-20-14-9-15-21-35/h7-21,24-25,36H,22-23,26-29H2,1-6H3,(H,44,46,47)/t36?,41-,42?,43?/m0/s1. The van der Waals surface area contributed by atoms with Crippen LogP contribution in [0.3, 0.4) is 0 Å². The van der Waals surface area contributed by atoms with Gasteiger partial charge < -0.3 is 14.1 Å². The molecule has 6 aromatic rings. The normalized spacial score (nSPS) is 25.6. The third-order valence-electron chi connectivity index (χ3n) is 12.5. The predicted molar refractivity (Wildman–Crippen MR) is 210 cm³/mol. The molecule has 4 aliphatic rings. The smallest absolute Gasteiger partial charge is 0.261 e. The van der Waals surface area contributed by atoms with Crippen LogP contribution in [0.2, 0.25) is 5.04 Å². The van der Waals surface area contributed by atoms with Crippen molar-refractivity contribution < 1.29 is 9.16 Å². The zero-order chi connectivity index (χ0) is 36.6. The summed E-state index contributed by atoms with van der Waals surface area (Å²) in [4.78, 5) is 12.6. The highest BCUT2D eigenvalue weighted by Crippen LogP contribution is 2.70.